The first kappa shape index (κ1) is 16.6. The summed E-state index contributed by atoms with van der Waals surface area (Å²) in [6.07, 6.45) is 1.52. The zero-order valence-corrected chi connectivity index (χ0v) is 14.0. The SMILES string of the molecule is CC(C)Oc1ccc(C(=O)N(C)c2cc(Cl)cc(Cl)c2)cn1. The van der Waals surface area contributed by atoms with E-state index in [2.05, 4.69) is 4.98 Å². The number of hydrogen-bond donors (Lipinski definition) is 0. The molecule has 1 heterocycles. The van der Waals surface area contributed by atoms with Gasteiger partial charge in [0.2, 0.25) is 5.88 Å². The van der Waals surface area contributed by atoms with Gasteiger partial charge in [0.15, 0.2) is 0 Å². The van der Waals surface area contributed by atoms with Gasteiger partial charge in [-0.3, -0.25) is 4.79 Å². The zero-order valence-electron chi connectivity index (χ0n) is 12.5. The highest BCUT2D eigenvalue weighted by Crippen LogP contribution is 2.25. The Bertz CT molecular complexity index is 652. The molecule has 0 unspecified atom stereocenters. The van der Waals surface area contributed by atoms with Crippen molar-refractivity contribution in [3.05, 3.63) is 52.1 Å². The number of rotatable bonds is 4. The summed E-state index contributed by atoms with van der Waals surface area (Å²) in [5.41, 5.74) is 1.07. The van der Waals surface area contributed by atoms with E-state index in [1.54, 1.807) is 37.4 Å². The molecule has 1 aromatic carbocycles. The Labute approximate surface area is 139 Å². The van der Waals surface area contributed by atoms with E-state index in [0.29, 0.717) is 27.2 Å². The summed E-state index contributed by atoms with van der Waals surface area (Å²) in [6.45, 7) is 3.83. The molecule has 6 heteroatoms. The summed E-state index contributed by atoms with van der Waals surface area (Å²) in [6, 6.07) is 8.32. The molecule has 0 aliphatic carbocycles. The largest absolute Gasteiger partial charge is 0.475 e. The second-order valence-electron chi connectivity index (χ2n) is 5.04. The molecule has 0 saturated carbocycles. The van der Waals surface area contributed by atoms with Crippen molar-refractivity contribution in [1.29, 1.82) is 0 Å². The summed E-state index contributed by atoms with van der Waals surface area (Å²) in [5.74, 6) is 0.280. The number of halogens is 2. The lowest BCUT2D eigenvalue weighted by molar-refractivity contribution is 0.0992. The second kappa shape index (κ2) is 6.99. The highest BCUT2D eigenvalue weighted by atomic mass is 35.5. The molecule has 0 spiro atoms. The van der Waals surface area contributed by atoms with Crippen molar-refractivity contribution in [2.45, 2.75) is 20.0 Å². The lowest BCUT2D eigenvalue weighted by Gasteiger charge is -2.18. The Morgan fingerprint density at radius 3 is 2.32 bits per heavy atom. The van der Waals surface area contributed by atoms with Gasteiger partial charge in [0.05, 0.1) is 11.7 Å². The van der Waals surface area contributed by atoms with Gasteiger partial charge in [-0.1, -0.05) is 23.2 Å². The molecule has 0 aliphatic rings. The Morgan fingerprint density at radius 1 is 1.18 bits per heavy atom. The maximum absolute atomic E-state index is 12.5. The van der Waals surface area contributed by atoms with Crippen LogP contribution in [0.25, 0.3) is 0 Å². The average Bonchev–Trinajstić information content (AvgIpc) is 2.45. The molecule has 0 aliphatic heterocycles. The molecule has 2 aromatic rings. The lowest BCUT2D eigenvalue weighted by Crippen LogP contribution is -2.26. The fourth-order valence-corrected chi connectivity index (χ4v) is 2.38. The molecular formula is C16H16Cl2N2O2. The maximum atomic E-state index is 12.5. The number of carbonyl (C=O) groups is 1. The van der Waals surface area contributed by atoms with Gasteiger partial charge in [0.1, 0.15) is 0 Å². The lowest BCUT2D eigenvalue weighted by atomic mass is 10.2. The van der Waals surface area contributed by atoms with Gasteiger partial charge in [0.25, 0.3) is 5.91 Å². The molecule has 0 radical (unpaired) electrons. The monoisotopic (exact) mass is 338 g/mol. The van der Waals surface area contributed by atoms with Crippen molar-refractivity contribution in [2.75, 3.05) is 11.9 Å². The molecule has 22 heavy (non-hydrogen) atoms. The fraction of sp³-hybridized carbons (Fsp3) is 0.250. The van der Waals surface area contributed by atoms with Crippen LogP contribution in [0.15, 0.2) is 36.5 Å². The molecule has 0 fully saturated rings. The van der Waals surface area contributed by atoms with Gasteiger partial charge in [-0.2, -0.15) is 0 Å². The average molecular weight is 339 g/mol. The summed E-state index contributed by atoms with van der Waals surface area (Å²) < 4.78 is 5.45. The van der Waals surface area contributed by atoms with Crippen LogP contribution < -0.4 is 9.64 Å². The highest BCUT2D eigenvalue weighted by molar-refractivity contribution is 6.35. The molecule has 1 amide bonds. The predicted molar refractivity (Wildman–Crippen MR) is 89.2 cm³/mol. The van der Waals surface area contributed by atoms with E-state index in [1.165, 1.54) is 11.1 Å². The first-order chi connectivity index (χ1) is 10.4. The van der Waals surface area contributed by atoms with Gasteiger partial charge < -0.3 is 9.64 Å². The topological polar surface area (TPSA) is 42.4 Å². The Morgan fingerprint density at radius 2 is 1.82 bits per heavy atom. The Hall–Kier alpha value is -1.78. The van der Waals surface area contributed by atoms with E-state index in [1.807, 2.05) is 13.8 Å². The molecule has 0 saturated heterocycles. The van der Waals surface area contributed by atoms with E-state index in [-0.39, 0.29) is 12.0 Å². The van der Waals surface area contributed by atoms with Crippen LogP contribution in [-0.4, -0.2) is 24.0 Å². The third kappa shape index (κ3) is 4.12. The van der Waals surface area contributed by atoms with Crippen LogP contribution in [-0.2, 0) is 0 Å². The molecule has 0 bridgehead atoms. The quantitative estimate of drug-likeness (QED) is 0.826. The van der Waals surface area contributed by atoms with Crippen LogP contribution in [0.5, 0.6) is 5.88 Å². The van der Waals surface area contributed by atoms with Crippen molar-refractivity contribution < 1.29 is 9.53 Å². The van der Waals surface area contributed by atoms with Crippen LogP contribution in [0.4, 0.5) is 5.69 Å². The molecule has 116 valence electrons. The van der Waals surface area contributed by atoms with E-state index in [4.69, 9.17) is 27.9 Å². The predicted octanol–water partition coefficient (Wildman–Crippen LogP) is 4.45. The molecule has 0 atom stereocenters. The van der Waals surface area contributed by atoms with Gasteiger partial charge >= 0.3 is 0 Å². The number of aromatic nitrogens is 1. The van der Waals surface area contributed by atoms with E-state index < -0.39 is 0 Å². The van der Waals surface area contributed by atoms with Crippen molar-refractivity contribution >= 4 is 34.8 Å². The normalized spacial score (nSPS) is 10.6. The number of nitrogens with zero attached hydrogens (tertiary/aromatic N) is 2. The number of anilines is 1. The highest BCUT2D eigenvalue weighted by Gasteiger charge is 2.15. The minimum atomic E-state index is -0.207. The standard InChI is InChI=1S/C16H16Cl2N2O2/c1-10(2)22-15-5-4-11(9-19-15)16(21)20(3)14-7-12(17)6-13(18)8-14/h4-10H,1-3H3. The van der Waals surface area contributed by atoms with Crippen LogP contribution in [0.3, 0.4) is 0 Å². The molecular weight excluding hydrogens is 323 g/mol. The number of pyridine rings is 1. The molecule has 4 nitrogen and oxygen atoms in total. The molecule has 0 N–H and O–H groups in total. The summed E-state index contributed by atoms with van der Waals surface area (Å²) >= 11 is 11.9. The summed E-state index contributed by atoms with van der Waals surface area (Å²) in [5, 5.41) is 0.946. The Kier molecular flexibility index (Phi) is 5.27. The van der Waals surface area contributed by atoms with Crippen LogP contribution in [0, 0.1) is 0 Å². The van der Waals surface area contributed by atoms with E-state index >= 15 is 0 Å². The first-order valence-electron chi connectivity index (χ1n) is 6.73. The van der Waals surface area contributed by atoms with Gasteiger partial charge in [-0.15, -0.1) is 0 Å². The fourth-order valence-electron chi connectivity index (χ4n) is 1.86. The Balaban J connectivity index is 2.19. The van der Waals surface area contributed by atoms with Gasteiger partial charge in [0, 0.05) is 35.0 Å². The number of amides is 1. The first-order valence-corrected chi connectivity index (χ1v) is 7.49. The number of hydrogen-bond acceptors (Lipinski definition) is 3. The zero-order chi connectivity index (χ0) is 16.3. The van der Waals surface area contributed by atoms with Crippen LogP contribution in [0.2, 0.25) is 10.0 Å². The van der Waals surface area contributed by atoms with E-state index in [9.17, 15) is 4.79 Å². The van der Waals surface area contributed by atoms with Crippen molar-refractivity contribution in [2.24, 2.45) is 0 Å². The van der Waals surface area contributed by atoms with Gasteiger partial charge in [-0.25, -0.2) is 4.98 Å². The van der Waals surface area contributed by atoms with Gasteiger partial charge in [-0.05, 0) is 38.1 Å². The molecule has 1 aromatic heterocycles. The minimum absolute atomic E-state index is 0.0327. The smallest absolute Gasteiger partial charge is 0.259 e. The third-order valence-corrected chi connectivity index (χ3v) is 3.32. The number of benzene rings is 1. The summed E-state index contributed by atoms with van der Waals surface area (Å²) in [4.78, 5) is 18.1. The third-order valence-electron chi connectivity index (χ3n) is 2.88. The van der Waals surface area contributed by atoms with E-state index in [0.717, 1.165) is 0 Å². The van der Waals surface area contributed by atoms with Crippen molar-refractivity contribution in [1.82, 2.24) is 4.98 Å². The van der Waals surface area contributed by atoms with Crippen LogP contribution >= 0.6 is 23.2 Å². The number of carbonyl (C=O) groups excluding carboxylic acids is 1. The maximum Gasteiger partial charge on any atom is 0.259 e. The van der Waals surface area contributed by atoms with Crippen LogP contribution in [0.1, 0.15) is 24.2 Å². The summed E-state index contributed by atoms with van der Waals surface area (Å²) in [7, 11) is 1.66. The number of ether oxygens (including phenoxy) is 1. The van der Waals surface area contributed by atoms with Crippen molar-refractivity contribution in [3.63, 3.8) is 0 Å². The van der Waals surface area contributed by atoms with Crippen molar-refractivity contribution in [3.8, 4) is 5.88 Å². The minimum Gasteiger partial charge on any atom is -0.475 e. The molecule has 2 rings (SSSR count). The second-order valence-corrected chi connectivity index (χ2v) is 5.92.